The van der Waals surface area contributed by atoms with Crippen molar-refractivity contribution in [2.75, 3.05) is 13.2 Å². The average molecular weight is 246 g/mol. The Bertz CT molecular complexity index is 333. The SMILES string of the molecule is CCOC(C)CNCc1cccc(F)c1Cl. The third kappa shape index (κ3) is 4.08. The van der Waals surface area contributed by atoms with Gasteiger partial charge >= 0.3 is 0 Å². The van der Waals surface area contributed by atoms with E-state index in [1.54, 1.807) is 6.07 Å². The summed E-state index contributed by atoms with van der Waals surface area (Å²) in [7, 11) is 0. The van der Waals surface area contributed by atoms with Gasteiger partial charge in [-0.3, -0.25) is 0 Å². The lowest BCUT2D eigenvalue weighted by Gasteiger charge is -2.13. The molecule has 4 heteroatoms. The zero-order chi connectivity index (χ0) is 12.0. The molecule has 0 amide bonds. The van der Waals surface area contributed by atoms with Gasteiger partial charge in [0.05, 0.1) is 11.1 Å². The second-order valence-corrected chi connectivity index (χ2v) is 3.99. The van der Waals surface area contributed by atoms with Crippen molar-refractivity contribution in [3.8, 4) is 0 Å². The maximum absolute atomic E-state index is 13.1. The van der Waals surface area contributed by atoms with E-state index in [0.29, 0.717) is 13.2 Å². The highest BCUT2D eigenvalue weighted by molar-refractivity contribution is 6.31. The van der Waals surface area contributed by atoms with Crippen molar-refractivity contribution >= 4 is 11.6 Å². The lowest BCUT2D eigenvalue weighted by Crippen LogP contribution is -2.26. The van der Waals surface area contributed by atoms with Crippen LogP contribution in [-0.2, 0) is 11.3 Å². The molecule has 1 N–H and O–H groups in total. The van der Waals surface area contributed by atoms with Gasteiger partial charge in [-0.05, 0) is 25.5 Å². The molecule has 0 aliphatic heterocycles. The minimum Gasteiger partial charge on any atom is -0.377 e. The van der Waals surface area contributed by atoms with Gasteiger partial charge in [0.2, 0.25) is 0 Å². The lowest BCUT2D eigenvalue weighted by molar-refractivity contribution is 0.0759. The molecule has 0 bridgehead atoms. The first-order valence-electron chi connectivity index (χ1n) is 5.40. The van der Waals surface area contributed by atoms with Crippen LogP contribution in [0.5, 0.6) is 0 Å². The predicted molar refractivity (Wildman–Crippen MR) is 64.2 cm³/mol. The summed E-state index contributed by atoms with van der Waals surface area (Å²) in [5.74, 6) is -0.376. The quantitative estimate of drug-likeness (QED) is 0.832. The molecule has 1 aromatic rings. The highest BCUT2D eigenvalue weighted by Crippen LogP contribution is 2.19. The van der Waals surface area contributed by atoms with E-state index in [2.05, 4.69) is 5.32 Å². The fourth-order valence-corrected chi connectivity index (χ4v) is 1.63. The summed E-state index contributed by atoms with van der Waals surface area (Å²) in [6.45, 7) is 5.92. The van der Waals surface area contributed by atoms with Gasteiger partial charge < -0.3 is 10.1 Å². The van der Waals surface area contributed by atoms with E-state index >= 15 is 0 Å². The summed E-state index contributed by atoms with van der Waals surface area (Å²) in [4.78, 5) is 0. The van der Waals surface area contributed by atoms with Crippen LogP contribution in [0.15, 0.2) is 18.2 Å². The molecule has 0 saturated carbocycles. The first-order chi connectivity index (χ1) is 7.65. The van der Waals surface area contributed by atoms with E-state index in [0.717, 1.165) is 12.1 Å². The molecule has 0 aromatic heterocycles. The van der Waals surface area contributed by atoms with Crippen molar-refractivity contribution in [1.29, 1.82) is 0 Å². The Morgan fingerprint density at radius 1 is 1.50 bits per heavy atom. The van der Waals surface area contributed by atoms with Gasteiger partial charge in [0.25, 0.3) is 0 Å². The highest BCUT2D eigenvalue weighted by atomic mass is 35.5. The van der Waals surface area contributed by atoms with Gasteiger partial charge in [0, 0.05) is 19.7 Å². The minimum absolute atomic E-state index is 0.150. The molecule has 0 heterocycles. The summed E-state index contributed by atoms with van der Waals surface area (Å²) in [6, 6.07) is 4.82. The lowest BCUT2D eigenvalue weighted by atomic mass is 10.2. The van der Waals surface area contributed by atoms with Crippen molar-refractivity contribution in [3.63, 3.8) is 0 Å². The van der Waals surface area contributed by atoms with Crippen LogP contribution in [0.3, 0.4) is 0 Å². The number of rotatable bonds is 6. The number of hydrogen-bond donors (Lipinski definition) is 1. The Morgan fingerprint density at radius 3 is 2.94 bits per heavy atom. The molecular formula is C12H17ClFNO. The van der Waals surface area contributed by atoms with Crippen LogP contribution in [0.2, 0.25) is 5.02 Å². The Morgan fingerprint density at radius 2 is 2.25 bits per heavy atom. The summed E-state index contributed by atoms with van der Waals surface area (Å²) in [6.07, 6.45) is 0.150. The monoisotopic (exact) mass is 245 g/mol. The average Bonchev–Trinajstić information content (AvgIpc) is 2.25. The Balaban J connectivity index is 2.40. The van der Waals surface area contributed by atoms with Crippen LogP contribution in [0.25, 0.3) is 0 Å². The maximum Gasteiger partial charge on any atom is 0.142 e. The van der Waals surface area contributed by atoms with Crippen LogP contribution < -0.4 is 5.32 Å². The molecule has 1 rings (SSSR count). The molecule has 1 unspecified atom stereocenters. The molecule has 0 fully saturated rings. The maximum atomic E-state index is 13.1. The molecule has 2 nitrogen and oxygen atoms in total. The molecule has 16 heavy (non-hydrogen) atoms. The molecule has 90 valence electrons. The highest BCUT2D eigenvalue weighted by Gasteiger charge is 2.06. The van der Waals surface area contributed by atoms with Crippen molar-refractivity contribution in [2.24, 2.45) is 0 Å². The third-order valence-corrected chi connectivity index (χ3v) is 2.65. The molecule has 0 aliphatic carbocycles. The van der Waals surface area contributed by atoms with Gasteiger partial charge in [0.1, 0.15) is 5.82 Å². The molecule has 1 aromatic carbocycles. The normalized spacial score (nSPS) is 12.8. The largest absolute Gasteiger partial charge is 0.377 e. The summed E-state index contributed by atoms with van der Waals surface area (Å²) < 4.78 is 18.5. The predicted octanol–water partition coefficient (Wildman–Crippen LogP) is 2.99. The topological polar surface area (TPSA) is 21.3 Å². The summed E-state index contributed by atoms with van der Waals surface area (Å²) >= 11 is 5.82. The first kappa shape index (κ1) is 13.4. The van der Waals surface area contributed by atoms with Crippen LogP contribution in [0.1, 0.15) is 19.4 Å². The zero-order valence-electron chi connectivity index (χ0n) is 9.59. The third-order valence-electron chi connectivity index (χ3n) is 2.23. The van der Waals surface area contributed by atoms with Crippen molar-refractivity contribution in [1.82, 2.24) is 5.32 Å². The summed E-state index contributed by atoms with van der Waals surface area (Å²) in [5.41, 5.74) is 0.769. The zero-order valence-corrected chi connectivity index (χ0v) is 10.4. The van der Waals surface area contributed by atoms with Crippen LogP contribution in [0.4, 0.5) is 4.39 Å². The Labute approximate surface area is 101 Å². The van der Waals surface area contributed by atoms with Gasteiger partial charge in [-0.15, -0.1) is 0 Å². The fourth-order valence-electron chi connectivity index (χ4n) is 1.44. The van der Waals surface area contributed by atoms with Crippen molar-refractivity contribution in [3.05, 3.63) is 34.6 Å². The molecule has 0 saturated heterocycles. The van der Waals surface area contributed by atoms with Crippen LogP contribution >= 0.6 is 11.6 Å². The van der Waals surface area contributed by atoms with Crippen molar-refractivity contribution < 1.29 is 9.13 Å². The number of hydrogen-bond acceptors (Lipinski definition) is 2. The van der Waals surface area contributed by atoms with E-state index in [-0.39, 0.29) is 16.9 Å². The molecule has 0 radical (unpaired) electrons. The van der Waals surface area contributed by atoms with Crippen LogP contribution in [-0.4, -0.2) is 19.3 Å². The van der Waals surface area contributed by atoms with Gasteiger partial charge in [0.15, 0.2) is 0 Å². The second-order valence-electron chi connectivity index (χ2n) is 3.61. The fraction of sp³-hybridized carbons (Fsp3) is 0.500. The summed E-state index contributed by atoms with van der Waals surface area (Å²) in [5, 5.41) is 3.37. The number of ether oxygens (including phenoxy) is 1. The van der Waals surface area contributed by atoms with E-state index in [9.17, 15) is 4.39 Å². The molecule has 1 atom stereocenters. The molecule has 0 spiro atoms. The number of benzene rings is 1. The second kappa shape index (κ2) is 6.84. The van der Waals surface area contributed by atoms with Gasteiger partial charge in [-0.1, -0.05) is 23.7 Å². The van der Waals surface area contributed by atoms with Crippen LogP contribution in [0, 0.1) is 5.82 Å². The van der Waals surface area contributed by atoms with Crippen molar-refractivity contribution in [2.45, 2.75) is 26.5 Å². The van der Waals surface area contributed by atoms with Gasteiger partial charge in [-0.2, -0.15) is 0 Å². The number of halogens is 2. The minimum atomic E-state index is -0.376. The smallest absolute Gasteiger partial charge is 0.142 e. The van der Waals surface area contributed by atoms with E-state index < -0.39 is 0 Å². The standard InChI is InChI=1S/C12H17ClFNO/c1-3-16-9(2)7-15-8-10-5-4-6-11(14)12(10)13/h4-6,9,15H,3,7-8H2,1-2H3. The Hall–Kier alpha value is -0.640. The first-order valence-corrected chi connectivity index (χ1v) is 5.78. The van der Waals surface area contributed by atoms with E-state index in [1.807, 2.05) is 19.9 Å². The Kier molecular flexibility index (Phi) is 5.74. The van der Waals surface area contributed by atoms with E-state index in [1.165, 1.54) is 6.07 Å². The van der Waals surface area contributed by atoms with Gasteiger partial charge in [-0.25, -0.2) is 4.39 Å². The van der Waals surface area contributed by atoms with E-state index in [4.69, 9.17) is 16.3 Å². The molecular weight excluding hydrogens is 229 g/mol. The number of nitrogens with one attached hydrogen (secondary N) is 1. The molecule has 0 aliphatic rings.